The molecule has 1 N–H and O–H groups in total. The van der Waals surface area contributed by atoms with E-state index >= 15 is 0 Å². The molecule has 16 heavy (non-hydrogen) atoms. The van der Waals surface area contributed by atoms with Crippen LogP contribution in [0, 0.1) is 5.41 Å². The van der Waals surface area contributed by atoms with Crippen LogP contribution in [0.1, 0.15) is 47.0 Å². The number of hydrogen-bond donors (Lipinski definition) is 1. The van der Waals surface area contributed by atoms with Gasteiger partial charge in [-0.2, -0.15) is 0 Å². The summed E-state index contributed by atoms with van der Waals surface area (Å²) in [5, 5.41) is 3.54. The minimum absolute atomic E-state index is 0.176. The molecule has 0 aliphatic heterocycles. The molecule has 0 heterocycles. The van der Waals surface area contributed by atoms with Gasteiger partial charge in [0.2, 0.25) is 0 Å². The molecule has 0 rings (SSSR count). The van der Waals surface area contributed by atoms with Gasteiger partial charge in [0.25, 0.3) is 0 Å². The molecule has 2 atom stereocenters. The van der Waals surface area contributed by atoms with Crippen molar-refractivity contribution in [2.45, 2.75) is 59.1 Å². The first-order valence-corrected chi connectivity index (χ1v) is 6.34. The second kappa shape index (κ2) is 7.86. The zero-order valence-corrected chi connectivity index (χ0v) is 11.7. The third kappa shape index (κ3) is 5.66. The molecule has 2 heteroatoms. The molecule has 0 aromatic rings. The van der Waals surface area contributed by atoms with E-state index < -0.39 is 0 Å². The van der Waals surface area contributed by atoms with Crippen LogP contribution in [0.3, 0.4) is 0 Å². The van der Waals surface area contributed by atoms with Crippen LogP contribution in [0.25, 0.3) is 0 Å². The average Bonchev–Trinajstić information content (AvgIpc) is 2.17. The predicted molar refractivity (Wildman–Crippen MR) is 71.8 cm³/mol. The van der Waals surface area contributed by atoms with Crippen molar-refractivity contribution in [1.82, 2.24) is 5.32 Å². The molecule has 2 unspecified atom stereocenters. The van der Waals surface area contributed by atoms with Crippen molar-refractivity contribution in [3.05, 3.63) is 12.7 Å². The van der Waals surface area contributed by atoms with Gasteiger partial charge in [-0.3, -0.25) is 0 Å². The summed E-state index contributed by atoms with van der Waals surface area (Å²) in [7, 11) is 1.81. The summed E-state index contributed by atoms with van der Waals surface area (Å²) in [5.74, 6) is 0. The summed E-state index contributed by atoms with van der Waals surface area (Å²) < 4.78 is 5.67. The molecule has 0 aliphatic carbocycles. The molecule has 0 radical (unpaired) electrons. The Bertz CT molecular complexity index is 184. The zero-order chi connectivity index (χ0) is 12.6. The number of methoxy groups -OCH3 is 1. The van der Waals surface area contributed by atoms with Crippen molar-refractivity contribution in [3.63, 3.8) is 0 Å². The van der Waals surface area contributed by atoms with Gasteiger partial charge < -0.3 is 10.1 Å². The molecule has 0 saturated carbocycles. The van der Waals surface area contributed by atoms with E-state index in [0.717, 1.165) is 19.4 Å². The monoisotopic (exact) mass is 227 g/mol. The second-order valence-corrected chi connectivity index (χ2v) is 5.41. The highest BCUT2D eigenvalue weighted by atomic mass is 16.5. The molecule has 0 bridgehead atoms. The Morgan fingerprint density at radius 2 is 2.00 bits per heavy atom. The standard InChI is InChI=1S/C14H29NO/c1-7-9-10-11-12(15-8-2)13(16-6)14(3,4)5/h7,12-13,15H,1,8-11H2,2-6H3. The van der Waals surface area contributed by atoms with Crippen LogP contribution in [0.15, 0.2) is 12.7 Å². The smallest absolute Gasteiger partial charge is 0.0772 e. The molecular formula is C14H29NO. The Hall–Kier alpha value is -0.340. The molecule has 0 aromatic carbocycles. The maximum atomic E-state index is 5.67. The largest absolute Gasteiger partial charge is 0.379 e. The number of hydrogen-bond acceptors (Lipinski definition) is 2. The molecule has 2 nitrogen and oxygen atoms in total. The van der Waals surface area contributed by atoms with E-state index in [1.54, 1.807) is 0 Å². The Kier molecular flexibility index (Phi) is 7.69. The molecule has 0 spiro atoms. The second-order valence-electron chi connectivity index (χ2n) is 5.41. The van der Waals surface area contributed by atoms with Gasteiger partial charge in [0, 0.05) is 13.2 Å². The van der Waals surface area contributed by atoms with Gasteiger partial charge in [-0.15, -0.1) is 6.58 Å². The van der Waals surface area contributed by atoms with Gasteiger partial charge >= 0.3 is 0 Å². The molecule has 96 valence electrons. The number of likely N-dealkylation sites (N-methyl/N-ethyl adjacent to an activating group) is 1. The summed E-state index contributed by atoms with van der Waals surface area (Å²) in [6, 6.07) is 0.440. The van der Waals surface area contributed by atoms with Crippen LogP contribution in [0.4, 0.5) is 0 Å². The average molecular weight is 227 g/mol. The van der Waals surface area contributed by atoms with Crippen molar-refractivity contribution >= 4 is 0 Å². The first-order chi connectivity index (χ1) is 7.47. The van der Waals surface area contributed by atoms with Gasteiger partial charge in [-0.1, -0.05) is 33.8 Å². The van der Waals surface area contributed by atoms with Crippen molar-refractivity contribution < 1.29 is 4.74 Å². The lowest BCUT2D eigenvalue weighted by Gasteiger charge is -2.36. The fourth-order valence-corrected chi connectivity index (χ4v) is 2.23. The van der Waals surface area contributed by atoms with Crippen LogP contribution in [-0.2, 0) is 4.74 Å². The summed E-state index contributed by atoms with van der Waals surface area (Å²) in [6.45, 7) is 13.6. The SMILES string of the molecule is C=CCCCC(NCC)C(OC)C(C)(C)C. The lowest BCUT2D eigenvalue weighted by Crippen LogP contribution is -2.47. The number of allylic oxidation sites excluding steroid dienone is 1. The van der Waals surface area contributed by atoms with Crippen LogP contribution in [0.5, 0.6) is 0 Å². The van der Waals surface area contributed by atoms with Crippen LogP contribution in [-0.4, -0.2) is 25.8 Å². The van der Waals surface area contributed by atoms with Gasteiger partial charge in [0.05, 0.1) is 6.10 Å². The van der Waals surface area contributed by atoms with E-state index in [-0.39, 0.29) is 11.5 Å². The Morgan fingerprint density at radius 1 is 1.38 bits per heavy atom. The summed E-state index contributed by atoms with van der Waals surface area (Å²) >= 11 is 0. The fourth-order valence-electron chi connectivity index (χ4n) is 2.23. The van der Waals surface area contributed by atoms with E-state index in [0.29, 0.717) is 6.04 Å². The number of nitrogens with one attached hydrogen (secondary N) is 1. The maximum Gasteiger partial charge on any atom is 0.0772 e. The third-order valence-corrected chi connectivity index (χ3v) is 2.86. The van der Waals surface area contributed by atoms with Gasteiger partial charge in [0.15, 0.2) is 0 Å². The lowest BCUT2D eigenvalue weighted by molar-refractivity contribution is -0.0131. The van der Waals surface area contributed by atoms with E-state index in [2.05, 4.69) is 39.6 Å². The number of rotatable bonds is 8. The Labute approximate surface area is 101 Å². The van der Waals surface area contributed by atoms with E-state index in [1.807, 2.05) is 13.2 Å². The topological polar surface area (TPSA) is 21.3 Å². The summed E-state index contributed by atoms with van der Waals surface area (Å²) in [4.78, 5) is 0. The van der Waals surface area contributed by atoms with E-state index in [4.69, 9.17) is 4.74 Å². The minimum Gasteiger partial charge on any atom is -0.379 e. The predicted octanol–water partition coefficient (Wildman–Crippen LogP) is 3.38. The highest BCUT2D eigenvalue weighted by Gasteiger charge is 2.31. The Balaban J connectivity index is 4.40. The van der Waals surface area contributed by atoms with E-state index in [1.165, 1.54) is 6.42 Å². The normalized spacial score (nSPS) is 15.8. The minimum atomic E-state index is 0.176. The molecule has 0 fully saturated rings. The molecule has 0 saturated heterocycles. The third-order valence-electron chi connectivity index (χ3n) is 2.86. The first kappa shape index (κ1) is 15.7. The van der Waals surface area contributed by atoms with Crippen molar-refractivity contribution in [2.24, 2.45) is 5.41 Å². The van der Waals surface area contributed by atoms with E-state index in [9.17, 15) is 0 Å². The lowest BCUT2D eigenvalue weighted by atomic mass is 9.82. The highest BCUT2D eigenvalue weighted by Crippen LogP contribution is 2.26. The van der Waals surface area contributed by atoms with Gasteiger partial charge in [0.1, 0.15) is 0 Å². The molecule has 0 amide bonds. The van der Waals surface area contributed by atoms with Crippen molar-refractivity contribution in [1.29, 1.82) is 0 Å². The maximum absolute atomic E-state index is 5.67. The summed E-state index contributed by atoms with van der Waals surface area (Å²) in [5.41, 5.74) is 0.176. The molecule has 0 aliphatic rings. The number of unbranched alkanes of at least 4 members (excludes halogenated alkanes) is 1. The van der Waals surface area contributed by atoms with Crippen LogP contribution >= 0.6 is 0 Å². The highest BCUT2D eigenvalue weighted by molar-refractivity contribution is 4.86. The van der Waals surface area contributed by atoms with Gasteiger partial charge in [-0.25, -0.2) is 0 Å². The van der Waals surface area contributed by atoms with Crippen molar-refractivity contribution in [2.75, 3.05) is 13.7 Å². The summed E-state index contributed by atoms with van der Waals surface area (Å²) in [6.07, 6.45) is 5.66. The fraction of sp³-hybridized carbons (Fsp3) is 0.857. The molecular weight excluding hydrogens is 198 g/mol. The van der Waals surface area contributed by atoms with Crippen molar-refractivity contribution in [3.8, 4) is 0 Å². The number of ether oxygens (including phenoxy) is 1. The Morgan fingerprint density at radius 3 is 2.38 bits per heavy atom. The molecule has 0 aromatic heterocycles. The van der Waals surface area contributed by atoms with Crippen LogP contribution in [0.2, 0.25) is 0 Å². The quantitative estimate of drug-likeness (QED) is 0.507. The van der Waals surface area contributed by atoms with Crippen LogP contribution < -0.4 is 5.32 Å². The van der Waals surface area contributed by atoms with Gasteiger partial charge in [-0.05, 0) is 31.2 Å². The zero-order valence-electron chi connectivity index (χ0n) is 11.7. The first-order valence-electron chi connectivity index (χ1n) is 6.34.